The van der Waals surface area contributed by atoms with E-state index in [0.717, 1.165) is 23.5 Å². The number of esters is 1. The van der Waals surface area contributed by atoms with Crippen molar-refractivity contribution in [3.05, 3.63) is 29.6 Å². The second-order valence-electron chi connectivity index (χ2n) is 5.55. The van der Waals surface area contributed by atoms with Crippen LogP contribution in [0.3, 0.4) is 0 Å². The number of benzene rings is 1. The summed E-state index contributed by atoms with van der Waals surface area (Å²) < 4.78 is 45.3. The van der Waals surface area contributed by atoms with Gasteiger partial charge in [0, 0.05) is 12.6 Å². The van der Waals surface area contributed by atoms with Gasteiger partial charge in [0.25, 0.3) is 0 Å². The van der Waals surface area contributed by atoms with Gasteiger partial charge in [-0.3, -0.25) is 4.79 Å². The smallest absolute Gasteiger partial charge is 0.342 e. The first-order chi connectivity index (χ1) is 11.2. The Hall–Kier alpha value is -2.00. The number of hydrogen-bond acceptors (Lipinski definition) is 5. The first-order valence-corrected chi connectivity index (χ1v) is 8.77. The number of piperidine rings is 1. The second kappa shape index (κ2) is 6.86. The molecule has 0 amide bonds. The van der Waals surface area contributed by atoms with Gasteiger partial charge in [0.05, 0.1) is 17.9 Å². The van der Waals surface area contributed by atoms with Gasteiger partial charge in [-0.05, 0) is 31.9 Å². The molecule has 0 saturated carbocycles. The van der Waals surface area contributed by atoms with E-state index in [-0.39, 0.29) is 6.54 Å². The average Bonchev–Trinajstić information content (AvgIpc) is 2.53. The fourth-order valence-electron chi connectivity index (χ4n) is 2.93. The Morgan fingerprint density at radius 3 is 2.62 bits per heavy atom. The van der Waals surface area contributed by atoms with E-state index < -0.39 is 50.2 Å². The quantitative estimate of drug-likeness (QED) is 0.818. The van der Waals surface area contributed by atoms with E-state index in [4.69, 9.17) is 0 Å². The topological polar surface area (TPSA) is 101 Å². The summed E-state index contributed by atoms with van der Waals surface area (Å²) in [5.41, 5.74) is -0.676. The normalized spacial score (nSPS) is 22.1. The van der Waals surface area contributed by atoms with Crippen molar-refractivity contribution in [1.29, 1.82) is 0 Å². The van der Waals surface area contributed by atoms with Crippen LogP contribution in [0.5, 0.6) is 0 Å². The number of hydrogen-bond donors (Lipinski definition) is 1. The van der Waals surface area contributed by atoms with Crippen molar-refractivity contribution in [3.8, 4) is 0 Å². The van der Waals surface area contributed by atoms with Crippen LogP contribution in [0, 0.1) is 11.7 Å². The van der Waals surface area contributed by atoms with Gasteiger partial charge in [-0.15, -0.1) is 0 Å². The molecule has 1 heterocycles. The standard InChI is InChI=1S/C15H18FNO6S/c1-9-10(14(18)19)5-4-8-17(9)24(21,22)12-7-3-6-11(16)13(12)15(20)23-2/h3,6-7,9-10H,4-5,8H2,1-2H3,(H,18,19)/t9-,10-/m0/s1. The molecular weight excluding hydrogens is 341 g/mol. The summed E-state index contributed by atoms with van der Waals surface area (Å²) in [6, 6.07) is 2.44. The summed E-state index contributed by atoms with van der Waals surface area (Å²) in [6.07, 6.45) is 0.721. The predicted molar refractivity (Wildman–Crippen MR) is 81.5 cm³/mol. The number of carboxylic acids is 1. The second-order valence-corrected chi connectivity index (χ2v) is 7.41. The van der Waals surface area contributed by atoms with Crippen LogP contribution < -0.4 is 0 Å². The lowest BCUT2D eigenvalue weighted by Crippen LogP contribution is -2.49. The highest BCUT2D eigenvalue weighted by Gasteiger charge is 2.41. The van der Waals surface area contributed by atoms with Crippen molar-refractivity contribution in [2.24, 2.45) is 5.92 Å². The SMILES string of the molecule is COC(=O)c1c(F)cccc1S(=O)(=O)N1CCC[C@H](C(=O)O)[C@@H]1C. The Labute approximate surface area is 139 Å². The lowest BCUT2D eigenvalue weighted by atomic mass is 9.92. The fourth-order valence-corrected chi connectivity index (χ4v) is 4.82. The molecule has 1 aromatic carbocycles. The predicted octanol–water partition coefficient (Wildman–Crippen LogP) is 1.49. The minimum absolute atomic E-state index is 0.102. The zero-order chi connectivity index (χ0) is 18.1. The number of nitrogens with zero attached hydrogens (tertiary/aromatic N) is 1. The van der Waals surface area contributed by atoms with Gasteiger partial charge in [-0.1, -0.05) is 6.07 Å². The third-order valence-corrected chi connectivity index (χ3v) is 6.23. The molecule has 132 valence electrons. The average molecular weight is 359 g/mol. The van der Waals surface area contributed by atoms with Gasteiger partial charge in [0.1, 0.15) is 11.4 Å². The molecule has 0 spiro atoms. The lowest BCUT2D eigenvalue weighted by molar-refractivity contribution is -0.144. The number of ether oxygens (including phenoxy) is 1. The number of aliphatic carboxylic acids is 1. The molecule has 2 rings (SSSR count). The van der Waals surface area contributed by atoms with Crippen LogP contribution in [0.1, 0.15) is 30.1 Å². The Kier molecular flexibility index (Phi) is 5.24. The third kappa shape index (κ3) is 3.13. The van der Waals surface area contributed by atoms with Crippen molar-refractivity contribution in [2.45, 2.75) is 30.7 Å². The van der Waals surface area contributed by atoms with Crippen LogP contribution in [-0.4, -0.2) is 49.5 Å². The van der Waals surface area contributed by atoms with Crippen molar-refractivity contribution in [3.63, 3.8) is 0 Å². The highest BCUT2D eigenvalue weighted by Crippen LogP contribution is 2.31. The number of rotatable bonds is 4. The van der Waals surface area contributed by atoms with Crippen molar-refractivity contribution in [1.82, 2.24) is 4.31 Å². The van der Waals surface area contributed by atoms with Crippen LogP contribution in [0.25, 0.3) is 0 Å². The molecule has 0 bridgehead atoms. The number of halogens is 1. The highest BCUT2D eigenvalue weighted by molar-refractivity contribution is 7.89. The Morgan fingerprint density at radius 1 is 1.38 bits per heavy atom. The summed E-state index contributed by atoms with van der Waals surface area (Å²) in [7, 11) is -3.23. The molecule has 1 N–H and O–H groups in total. The molecule has 0 aliphatic carbocycles. The van der Waals surface area contributed by atoms with Gasteiger partial charge in [0.15, 0.2) is 0 Å². The molecule has 0 aromatic heterocycles. The van der Waals surface area contributed by atoms with E-state index in [0.29, 0.717) is 12.8 Å². The number of carbonyl (C=O) groups is 2. The molecule has 7 nitrogen and oxygen atoms in total. The number of methoxy groups -OCH3 is 1. The van der Waals surface area contributed by atoms with Crippen molar-refractivity contribution in [2.75, 3.05) is 13.7 Å². The van der Waals surface area contributed by atoms with Crippen molar-refractivity contribution < 1.29 is 32.2 Å². The molecule has 24 heavy (non-hydrogen) atoms. The van der Waals surface area contributed by atoms with Gasteiger partial charge < -0.3 is 9.84 Å². The summed E-state index contributed by atoms with van der Waals surface area (Å²) in [5, 5.41) is 9.23. The molecule has 0 unspecified atom stereocenters. The largest absolute Gasteiger partial charge is 0.481 e. The fraction of sp³-hybridized carbons (Fsp3) is 0.467. The zero-order valence-corrected chi connectivity index (χ0v) is 14.0. The van der Waals surface area contributed by atoms with Gasteiger partial charge >= 0.3 is 11.9 Å². The number of carboxylic acid groups (broad SMARTS) is 1. The number of sulfonamides is 1. The first kappa shape index (κ1) is 18.3. The van der Waals surface area contributed by atoms with Gasteiger partial charge in [-0.25, -0.2) is 17.6 Å². The molecule has 1 aliphatic heterocycles. The van der Waals surface area contributed by atoms with E-state index in [2.05, 4.69) is 4.74 Å². The molecule has 1 aliphatic rings. The van der Waals surface area contributed by atoms with E-state index in [1.165, 1.54) is 13.0 Å². The lowest BCUT2D eigenvalue weighted by Gasteiger charge is -2.36. The minimum atomic E-state index is -4.26. The molecule has 1 fully saturated rings. The third-order valence-electron chi connectivity index (χ3n) is 4.20. The Balaban J connectivity index is 2.53. The summed E-state index contributed by atoms with van der Waals surface area (Å²) >= 11 is 0. The van der Waals surface area contributed by atoms with Crippen LogP contribution >= 0.6 is 0 Å². The van der Waals surface area contributed by atoms with Crippen molar-refractivity contribution >= 4 is 22.0 Å². The minimum Gasteiger partial charge on any atom is -0.481 e. The van der Waals surface area contributed by atoms with E-state index in [1.807, 2.05) is 0 Å². The van der Waals surface area contributed by atoms with Crippen LogP contribution in [0.2, 0.25) is 0 Å². The highest BCUT2D eigenvalue weighted by atomic mass is 32.2. The molecule has 2 atom stereocenters. The summed E-state index contributed by atoms with van der Waals surface area (Å²) in [6.45, 7) is 1.59. The maximum Gasteiger partial charge on any atom is 0.342 e. The zero-order valence-electron chi connectivity index (χ0n) is 13.2. The van der Waals surface area contributed by atoms with Crippen LogP contribution in [0.15, 0.2) is 23.1 Å². The molecular formula is C15H18FNO6S. The van der Waals surface area contributed by atoms with E-state index >= 15 is 0 Å². The maximum atomic E-state index is 14.0. The summed E-state index contributed by atoms with van der Waals surface area (Å²) in [4.78, 5) is 22.6. The molecule has 9 heteroatoms. The Morgan fingerprint density at radius 2 is 2.04 bits per heavy atom. The van der Waals surface area contributed by atoms with E-state index in [9.17, 15) is 27.5 Å². The monoisotopic (exact) mass is 359 g/mol. The Bertz CT molecular complexity index is 763. The molecule has 0 radical (unpaired) electrons. The van der Waals surface area contributed by atoms with Crippen LogP contribution in [0.4, 0.5) is 4.39 Å². The maximum absolute atomic E-state index is 14.0. The molecule has 1 aromatic rings. The summed E-state index contributed by atoms with van der Waals surface area (Å²) in [5.74, 6) is -4.06. The van der Waals surface area contributed by atoms with Gasteiger partial charge in [-0.2, -0.15) is 4.31 Å². The number of carbonyl (C=O) groups excluding carboxylic acids is 1. The van der Waals surface area contributed by atoms with E-state index in [1.54, 1.807) is 0 Å². The molecule has 1 saturated heterocycles. The van der Waals surface area contributed by atoms with Crippen LogP contribution in [-0.2, 0) is 19.6 Å². The first-order valence-electron chi connectivity index (χ1n) is 7.33. The van der Waals surface area contributed by atoms with Gasteiger partial charge in [0.2, 0.25) is 10.0 Å².